The largest absolute Gasteiger partial charge is 0.497 e. The zero-order chi connectivity index (χ0) is 21.9. The van der Waals surface area contributed by atoms with E-state index < -0.39 is 0 Å². The second-order valence-corrected chi connectivity index (χ2v) is 8.49. The standard InChI is InChI=1S/C26H30N4O2/c1-29-18-21(26(28-29)25-15-20-8-3-4-11-24(20)32-25)16-27-17-23(30-12-5-6-13-30)19-9-7-10-22(14-19)31-2/h3-4,7-11,14-15,18,23,27H,5-6,12-13,16-17H2,1-2H3. The molecule has 5 rings (SSSR count). The molecule has 0 saturated carbocycles. The van der Waals surface area contributed by atoms with Gasteiger partial charge in [0.15, 0.2) is 5.76 Å². The van der Waals surface area contributed by atoms with E-state index in [1.54, 1.807) is 7.11 Å². The van der Waals surface area contributed by atoms with Gasteiger partial charge in [-0.2, -0.15) is 5.10 Å². The highest BCUT2D eigenvalue weighted by molar-refractivity contribution is 5.82. The summed E-state index contributed by atoms with van der Waals surface area (Å²) in [6.45, 7) is 3.87. The Labute approximate surface area is 188 Å². The molecule has 3 heterocycles. The molecule has 6 nitrogen and oxygen atoms in total. The predicted molar refractivity (Wildman–Crippen MR) is 127 cm³/mol. The van der Waals surface area contributed by atoms with Crippen LogP contribution in [0.25, 0.3) is 22.4 Å². The van der Waals surface area contributed by atoms with Crippen molar-refractivity contribution in [1.82, 2.24) is 20.0 Å². The highest BCUT2D eigenvalue weighted by Gasteiger charge is 2.24. The lowest BCUT2D eigenvalue weighted by molar-refractivity contribution is 0.238. The maximum absolute atomic E-state index is 6.09. The van der Waals surface area contributed by atoms with E-state index in [4.69, 9.17) is 9.15 Å². The monoisotopic (exact) mass is 430 g/mol. The number of methoxy groups -OCH3 is 1. The Balaban J connectivity index is 1.34. The zero-order valence-corrected chi connectivity index (χ0v) is 18.8. The summed E-state index contributed by atoms with van der Waals surface area (Å²) in [6, 6.07) is 18.9. The van der Waals surface area contributed by atoms with E-state index in [-0.39, 0.29) is 0 Å². The maximum atomic E-state index is 6.09. The summed E-state index contributed by atoms with van der Waals surface area (Å²) in [4.78, 5) is 2.57. The predicted octanol–water partition coefficient (Wildman–Crippen LogP) is 4.77. The summed E-state index contributed by atoms with van der Waals surface area (Å²) >= 11 is 0. The molecular weight excluding hydrogens is 400 g/mol. The fourth-order valence-corrected chi connectivity index (χ4v) is 4.68. The van der Waals surface area contributed by atoms with Gasteiger partial charge in [-0.05, 0) is 55.8 Å². The van der Waals surface area contributed by atoms with E-state index >= 15 is 0 Å². The molecule has 1 fully saturated rings. The van der Waals surface area contributed by atoms with Crippen LogP contribution in [0.5, 0.6) is 5.75 Å². The smallest absolute Gasteiger partial charge is 0.156 e. The summed E-state index contributed by atoms with van der Waals surface area (Å²) in [7, 11) is 3.68. The number of aryl methyl sites for hydroxylation is 1. The number of rotatable bonds is 8. The Morgan fingerprint density at radius 3 is 2.75 bits per heavy atom. The molecule has 4 aromatic rings. The molecule has 2 aromatic heterocycles. The average Bonchev–Trinajstić information content (AvgIpc) is 3.56. The quantitative estimate of drug-likeness (QED) is 0.436. The summed E-state index contributed by atoms with van der Waals surface area (Å²) in [5.41, 5.74) is 4.22. The molecule has 0 amide bonds. The van der Waals surface area contributed by atoms with Gasteiger partial charge in [-0.25, -0.2) is 0 Å². The third kappa shape index (κ3) is 4.29. The van der Waals surface area contributed by atoms with Crippen molar-refractivity contribution in [3.8, 4) is 17.2 Å². The molecule has 1 aliphatic heterocycles. The van der Waals surface area contributed by atoms with Crippen LogP contribution in [-0.4, -0.2) is 41.4 Å². The van der Waals surface area contributed by atoms with Crippen LogP contribution in [0.2, 0.25) is 0 Å². The first-order chi connectivity index (χ1) is 15.7. The minimum absolute atomic E-state index is 0.318. The average molecular weight is 431 g/mol. The van der Waals surface area contributed by atoms with Gasteiger partial charge < -0.3 is 14.5 Å². The molecule has 32 heavy (non-hydrogen) atoms. The van der Waals surface area contributed by atoms with Gasteiger partial charge in [-0.3, -0.25) is 9.58 Å². The number of para-hydroxylation sites is 1. The molecule has 1 unspecified atom stereocenters. The molecule has 1 aliphatic rings. The molecule has 0 bridgehead atoms. The lowest BCUT2D eigenvalue weighted by Gasteiger charge is -2.28. The van der Waals surface area contributed by atoms with Gasteiger partial charge in [0.05, 0.1) is 7.11 Å². The van der Waals surface area contributed by atoms with Crippen molar-refractivity contribution >= 4 is 11.0 Å². The Hall–Kier alpha value is -3.09. The van der Waals surface area contributed by atoms with E-state index in [1.165, 1.54) is 18.4 Å². The maximum Gasteiger partial charge on any atom is 0.156 e. The van der Waals surface area contributed by atoms with Crippen LogP contribution in [0.4, 0.5) is 0 Å². The molecule has 1 N–H and O–H groups in total. The third-order valence-electron chi connectivity index (χ3n) is 6.28. The van der Waals surface area contributed by atoms with Gasteiger partial charge in [-0.1, -0.05) is 30.3 Å². The summed E-state index contributed by atoms with van der Waals surface area (Å²) < 4.78 is 13.4. The Kier molecular flexibility index (Phi) is 5.97. The summed E-state index contributed by atoms with van der Waals surface area (Å²) in [5.74, 6) is 1.72. The second kappa shape index (κ2) is 9.18. The molecule has 0 spiro atoms. The Morgan fingerprint density at radius 2 is 1.94 bits per heavy atom. The van der Waals surface area contributed by atoms with Gasteiger partial charge in [0.25, 0.3) is 0 Å². The van der Waals surface area contributed by atoms with Crippen molar-refractivity contribution < 1.29 is 9.15 Å². The van der Waals surface area contributed by atoms with Gasteiger partial charge in [0, 0.05) is 43.3 Å². The number of hydrogen-bond donors (Lipinski definition) is 1. The van der Waals surface area contributed by atoms with Gasteiger partial charge in [0.1, 0.15) is 17.0 Å². The fourth-order valence-electron chi connectivity index (χ4n) is 4.68. The van der Waals surface area contributed by atoms with Crippen LogP contribution in [0.15, 0.2) is 65.2 Å². The Bertz CT molecular complexity index is 1160. The molecule has 0 radical (unpaired) electrons. The highest BCUT2D eigenvalue weighted by Crippen LogP contribution is 2.30. The number of nitrogens with one attached hydrogen (secondary N) is 1. The summed E-state index contributed by atoms with van der Waals surface area (Å²) in [6.07, 6.45) is 4.60. The van der Waals surface area contributed by atoms with Crippen LogP contribution in [0.3, 0.4) is 0 Å². The second-order valence-electron chi connectivity index (χ2n) is 8.49. The van der Waals surface area contributed by atoms with Crippen molar-refractivity contribution in [3.63, 3.8) is 0 Å². The first-order valence-corrected chi connectivity index (χ1v) is 11.3. The minimum atomic E-state index is 0.318. The van der Waals surface area contributed by atoms with Crippen molar-refractivity contribution in [2.24, 2.45) is 7.05 Å². The van der Waals surface area contributed by atoms with Crippen LogP contribution in [-0.2, 0) is 13.6 Å². The minimum Gasteiger partial charge on any atom is -0.497 e. The fraction of sp³-hybridized carbons (Fsp3) is 0.346. The van der Waals surface area contributed by atoms with E-state index in [2.05, 4.69) is 51.8 Å². The van der Waals surface area contributed by atoms with Crippen LogP contribution in [0, 0.1) is 0 Å². The van der Waals surface area contributed by atoms with E-state index in [9.17, 15) is 0 Å². The van der Waals surface area contributed by atoms with Crippen LogP contribution >= 0.6 is 0 Å². The molecule has 1 saturated heterocycles. The van der Waals surface area contributed by atoms with E-state index in [0.717, 1.165) is 59.9 Å². The molecule has 0 aliphatic carbocycles. The zero-order valence-electron chi connectivity index (χ0n) is 18.8. The van der Waals surface area contributed by atoms with E-state index in [1.807, 2.05) is 36.0 Å². The normalized spacial score (nSPS) is 15.4. The van der Waals surface area contributed by atoms with Crippen molar-refractivity contribution in [2.45, 2.75) is 25.4 Å². The van der Waals surface area contributed by atoms with Crippen LogP contribution < -0.4 is 10.1 Å². The van der Waals surface area contributed by atoms with E-state index in [0.29, 0.717) is 6.04 Å². The van der Waals surface area contributed by atoms with Crippen LogP contribution in [0.1, 0.15) is 30.0 Å². The number of likely N-dealkylation sites (tertiary alicyclic amines) is 1. The number of aromatic nitrogens is 2. The molecule has 166 valence electrons. The van der Waals surface area contributed by atoms with Gasteiger partial charge in [-0.15, -0.1) is 0 Å². The topological polar surface area (TPSA) is 55.5 Å². The van der Waals surface area contributed by atoms with Gasteiger partial charge in [0.2, 0.25) is 0 Å². The number of ether oxygens (including phenoxy) is 1. The number of fused-ring (bicyclic) bond motifs is 1. The number of benzene rings is 2. The first kappa shape index (κ1) is 20.8. The SMILES string of the molecule is COc1cccc(C(CNCc2cn(C)nc2-c2cc3ccccc3o2)N2CCCC2)c1. The molecule has 6 heteroatoms. The molecular formula is C26H30N4O2. The van der Waals surface area contributed by atoms with Gasteiger partial charge >= 0.3 is 0 Å². The number of hydrogen-bond acceptors (Lipinski definition) is 5. The third-order valence-corrected chi connectivity index (χ3v) is 6.28. The molecule has 2 aromatic carbocycles. The number of furan rings is 1. The van der Waals surface area contributed by atoms with Crippen molar-refractivity contribution in [1.29, 1.82) is 0 Å². The highest BCUT2D eigenvalue weighted by atomic mass is 16.5. The molecule has 1 atom stereocenters. The Morgan fingerprint density at radius 1 is 1.09 bits per heavy atom. The van der Waals surface area contributed by atoms with Crippen molar-refractivity contribution in [3.05, 3.63) is 71.9 Å². The first-order valence-electron chi connectivity index (χ1n) is 11.3. The van der Waals surface area contributed by atoms with Crippen molar-refractivity contribution in [2.75, 3.05) is 26.7 Å². The lowest BCUT2D eigenvalue weighted by Crippen LogP contribution is -2.34. The number of nitrogens with zero attached hydrogens (tertiary/aromatic N) is 3. The summed E-state index contributed by atoms with van der Waals surface area (Å²) in [5, 5.41) is 9.48. The lowest BCUT2D eigenvalue weighted by atomic mass is 10.0.